The van der Waals surface area contributed by atoms with E-state index in [-0.39, 0.29) is 25.0 Å². The maximum atomic E-state index is 13.4. The second-order valence-corrected chi connectivity index (χ2v) is 4.88. The van der Waals surface area contributed by atoms with Gasteiger partial charge in [0.1, 0.15) is 0 Å². The first-order valence-electron chi connectivity index (χ1n) is 7.39. The highest BCUT2D eigenvalue weighted by atomic mass is 19.1. The monoisotopic (exact) mass is 332 g/mol. The Bertz CT molecular complexity index is 714. The zero-order valence-corrected chi connectivity index (χ0v) is 13.2. The zero-order chi connectivity index (χ0) is 17.4. The molecule has 0 aliphatic heterocycles. The smallest absolute Gasteiger partial charge is 0.311 e. The Morgan fingerprint density at radius 1 is 0.833 bits per heavy atom. The number of halogens is 1. The predicted molar refractivity (Wildman–Crippen MR) is 84.5 cm³/mol. The maximum absolute atomic E-state index is 13.4. The third kappa shape index (κ3) is 5.08. The minimum absolute atomic E-state index is 0.0185. The summed E-state index contributed by atoms with van der Waals surface area (Å²) in [5, 5.41) is 0. The van der Waals surface area contributed by atoms with Gasteiger partial charge < -0.3 is 14.2 Å². The third-order valence-corrected chi connectivity index (χ3v) is 3.12. The van der Waals surface area contributed by atoms with Gasteiger partial charge in [0, 0.05) is 12.8 Å². The Labute approximate surface area is 139 Å². The number of methoxy groups -OCH3 is 1. The molecule has 2 aromatic rings. The van der Waals surface area contributed by atoms with E-state index in [1.807, 2.05) is 0 Å². The molecule has 5 nitrogen and oxygen atoms in total. The molecule has 0 aliphatic carbocycles. The fourth-order valence-electron chi connectivity index (χ4n) is 1.96. The van der Waals surface area contributed by atoms with Gasteiger partial charge in [-0.1, -0.05) is 24.3 Å². The lowest BCUT2D eigenvalue weighted by molar-refractivity contribution is -0.136. The second kappa shape index (κ2) is 8.67. The molecule has 0 N–H and O–H groups in total. The van der Waals surface area contributed by atoms with Gasteiger partial charge in [-0.25, -0.2) is 4.39 Å². The van der Waals surface area contributed by atoms with Crippen molar-refractivity contribution in [2.24, 2.45) is 0 Å². The molecule has 24 heavy (non-hydrogen) atoms. The van der Waals surface area contributed by atoms with Crippen LogP contribution in [0, 0.1) is 5.82 Å². The van der Waals surface area contributed by atoms with Crippen LogP contribution in [0.25, 0.3) is 0 Å². The number of hydrogen-bond acceptors (Lipinski definition) is 5. The van der Waals surface area contributed by atoms with E-state index in [9.17, 15) is 14.0 Å². The molecule has 6 heteroatoms. The molecule has 0 fully saturated rings. The SMILES string of the molecule is COc1ccccc1OC(=O)CCCC(=O)Oc1ccccc1F. The summed E-state index contributed by atoms with van der Waals surface area (Å²) >= 11 is 0. The summed E-state index contributed by atoms with van der Waals surface area (Å²) in [4.78, 5) is 23.4. The summed E-state index contributed by atoms with van der Waals surface area (Å²) in [5.41, 5.74) is 0. The number of ether oxygens (including phenoxy) is 3. The summed E-state index contributed by atoms with van der Waals surface area (Å²) in [5.74, 6) is -1.06. The van der Waals surface area contributed by atoms with Gasteiger partial charge in [-0.3, -0.25) is 9.59 Å². The van der Waals surface area contributed by atoms with Gasteiger partial charge >= 0.3 is 11.9 Å². The lowest BCUT2D eigenvalue weighted by Gasteiger charge is -2.08. The van der Waals surface area contributed by atoms with Crippen LogP contribution >= 0.6 is 0 Å². The van der Waals surface area contributed by atoms with Crippen LogP contribution in [0.15, 0.2) is 48.5 Å². The molecule has 0 radical (unpaired) electrons. The van der Waals surface area contributed by atoms with Crippen LogP contribution in [0.3, 0.4) is 0 Å². The van der Waals surface area contributed by atoms with Crippen molar-refractivity contribution in [3.8, 4) is 17.2 Å². The van der Waals surface area contributed by atoms with Crippen molar-refractivity contribution in [2.75, 3.05) is 7.11 Å². The van der Waals surface area contributed by atoms with E-state index in [1.54, 1.807) is 30.3 Å². The molecule has 0 saturated carbocycles. The molecule has 2 aromatic carbocycles. The summed E-state index contributed by atoms with van der Waals surface area (Å²) in [6.07, 6.45) is 0.251. The molecular formula is C18H17FO5. The van der Waals surface area contributed by atoms with Crippen LogP contribution in [0.4, 0.5) is 4.39 Å². The van der Waals surface area contributed by atoms with Gasteiger partial charge in [0.2, 0.25) is 0 Å². The van der Waals surface area contributed by atoms with E-state index in [1.165, 1.54) is 25.3 Å². The molecular weight excluding hydrogens is 315 g/mol. The lowest BCUT2D eigenvalue weighted by atomic mass is 10.2. The lowest BCUT2D eigenvalue weighted by Crippen LogP contribution is -2.12. The third-order valence-electron chi connectivity index (χ3n) is 3.12. The molecule has 0 aliphatic rings. The second-order valence-electron chi connectivity index (χ2n) is 4.88. The molecule has 0 amide bonds. The first kappa shape index (κ1) is 17.5. The normalized spacial score (nSPS) is 10.1. The molecule has 0 bridgehead atoms. The zero-order valence-electron chi connectivity index (χ0n) is 13.2. The Morgan fingerprint density at radius 3 is 1.92 bits per heavy atom. The Balaban J connectivity index is 1.76. The molecule has 2 rings (SSSR count). The van der Waals surface area contributed by atoms with Crippen LogP contribution in [0.2, 0.25) is 0 Å². The van der Waals surface area contributed by atoms with E-state index in [0.29, 0.717) is 11.5 Å². The highest BCUT2D eigenvalue weighted by molar-refractivity contribution is 5.75. The fourth-order valence-corrected chi connectivity index (χ4v) is 1.96. The summed E-state index contributed by atoms with van der Waals surface area (Å²) in [7, 11) is 1.48. The Hall–Kier alpha value is -2.89. The molecule has 0 saturated heterocycles. The van der Waals surface area contributed by atoms with E-state index >= 15 is 0 Å². The highest BCUT2D eigenvalue weighted by Gasteiger charge is 2.12. The topological polar surface area (TPSA) is 61.8 Å². The quantitative estimate of drug-likeness (QED) is 0.573. The molecule has 0 aromatic heterocycles. The van der Waals surface area contributed by atoms with Crippen molar-refractivity contribution in [3.05, 3.63) is 54.3 Å². The van der Waals surface area contributed by atoms with Crippen molar-refractivity contribution >= 4 is 11.9 Å². The number of carbonyl (C=O) groups is 2. The van der Waals surface area contributed by atoms with E-state index < -0.39 is 17.8 Å². The summed E-state index contributed by atoms with van der Waals surface area (Å²) < 4.78 is 28.5. The molecule has 126 valence electrons. The summed E-state index contributed by atoms with van der Waals surface area (Å²) in [6, 6.07) is 12.4. The number of carbonyl (C=O) groups excluding carboxylic acids is 2. The van der Waals surface area contributed by atoms with E-state index in [4.69, 9.17) is 14.2 Å². The average Bonchev–Trinajstić information content (AvgIpc) is 2.57. The Morgan fingerprint density at radius 2 is 1.33 bits per heavy atom. The van der Waals surface area contributed by atoms with Crippen molar-refractivity contribution in [1.82, 2.24) is 0 Å². The van der Waals surface area contributed by atoms with Crippen LogP contribution in [0.1, 0.15) is 19.3 Å². The van der Waals surface area contributed by atoms with Crippen LogP contribution in [-0.2, 0) is 9.59 Å². The van der Waals surface area contributed by atoms with Crippen molar-refractivity contribution in [1.29, 1.82) is 0 Å². The number of esters is 2. The van der Waals surface area contributed by atoms with Gasteiger partial charge in [-0.05, 0) is 30.7 Å². The van der Waals surface area contributed by atoms with Crippen LogP contribution in [-0.4, -0.2) is 19.0 Å². The maximum Gasteiger partial charge on any atom is 0.311 e. The highest BCUT2D eigenvalue weighted by Crippen LogP contribution is 2.26. The molecule has 0 atom stereocenters. The van der Waals surface area contributed by atoms with E-state index in [0.717, 1.165) is 0 Å². The summed E-state index contributed by atoms with van der Waals surface area (Å²) in [6.45, 7) is 0. The first-order valence-corrected chi connectivity index (χ1v) is 7.39. The average molecular weight is 332 g/mol. The van der Waals surface area contributed by atoms with Gasteiger partial charge in [0.15, 0.2) is 23.1 Å². The molecule has 0 heterocycles. The fraction of sp³-hybridized carbons (Fsp3) is 0.222. The van der Waals surface area contributed by atoms with Gasteiger partial charge in [0.05, 0.1) is 7.11 Å². The predicted octanol–water partition coefficient (Wildman–Crippen LogP) is 3.52. The van der Waals surface area contributed by atoms with Crippen molar-refractivity contribution in [2.45, 2.75) is 19.3 Å². The number of rotatable bonds is 7. The Kier molecular flexibility index (Phi) is 6.31. The van der Waals surface area contributed by atoms with Crippen LogP contribution in [0.5, 0.6) is 17.2 Å². The van der Waals surface area contributed by atoms with Gasteiger partial charge in [-0.15, -0.1) is 0 Å². The molecule has 0 spiro atoms. The van der Waals surface area contributed by atoms with Gasteiger partial charge in [-0.2, -0.15) is 0 Å². The van der Waals surface area contributed by atoms with Gasteiger partial charge in [0.25, 0.3) is 0 Å². The number of para-hydroxylation sites is 3. The standard InChI is InChI=1S/C18H17FO5/c1-22-15-9-4-5-10-16(15)24-18(21)12-6-11-17(20)23-14-8-3-2-7-13(14)19/h2-5,7-10H,6,11-12H2,1H3. The number of hydrogen-bond donors (Lipinski definition) is 0. The van der Waals surface area contributed by atoms with Crippen molar-refractivity contribution < 1.29 is 28.2 Å². The van der Waals surface area contributed by atoms with E-state index in [2.05, 4.69) is 0 Å². The minimum atomic E-state index is -0.610. The largest absolute Gasteiger partial charge is 0.493 e. The van der Waals surface area contributed by atoms with Crippen LogP contribution < -0.4 is 14.2 Å². The number of benzene rings is 2. The van der Waals surface area contributed by atoms with Crippen molar-refractivity contribution in [3.63, 3.8) is 0 Å². The first-order chi connectivity index (χ1) is 11.6. The molecule has 0 unspecified atom stereocenters. The minimum Gasteiger partial charge on any atom is -0.493 e.